The van der Waals surface area contributed by atoms with Crippen molar-refractivity contribution in [1.29, 1.82) is 0 Å². The maximum absolute atomic E-state index is 12.5. The summed E-state index contributed by atoms with van der Waals surface area (Å²) in [4.78, 5) is 25.3. The molecule has 2 aliphatic heterocycles. The maximum Gasteiger partial charge on any atom is 0.224 e. The maximum atomic E-state index is 12.5. The molecule has 6 nitrogen and oxygen atoms in total. The van der Waals surface area contributed by atoms with Crippen molar-refractivity contribution in [3.63, 3.8) is 0 Å². The number of rotatable bonds is 5. The smallest absolute Gasteiger partial charge is 0.224 e. The summed E-state index contributed by atoms with van der Waals surface area (Å²) in [5.74, 6) is 0.843. The van der Waals surface area contributed by atoms with E-state index in [-0.39, 0.29) is 5.91 Å². The topological polar surface area (TPSA) is 61.4 Å². The zero-order valence-corrected chi connectivity index (χ0v) is 13.2. The number of carbonyl (C=O) groups excluding carboxylic acids is 1. The average molecular weight is 303 g/mol. The van der Waals surface area contributed by atoms with Gasteiger partial charge in [0.25, 0.3) is 0 Å². The Balaban J connectivity index is 1.50. The van der Waals surface area contributed by atoms with Crippen LogP contribution in [0.3, 0.4) is 0 Å². The molecule has 1 aromatic heterocycles. The van der Waals surface area contributed by atoms with Crippen LogP contribution in [0.25, 0.3) is 0 Å². The summed E-state index contributed by atoms with van der Waals surface area (Å²) >= 11 is 0. The molecule has 1 amide bonds. The normalized spacial score (nSPS) is 25.6. The highest BCUT2D eigenvalue weighted by Crippen LogP contribution is 2.29. The Morgan fingerprint density at radius 3 is 2.68 bits per heavy atom. The van der Waals surface area contributed by atoms with Crippen molar-refractivity contribution in [3.8, 4) is 0 Å². The van der Waals surface area contributed by atoms with Crippen molar-refractivity contribution in [1.82, 2.24) is 19.8 Å². The minimum absolute atomic E-state index is 0.256. The summed E-state index contributed by atoms with van der Waals surface area (Å²) in [7, 11) is 2.19. The molecule has 22 heavy (non-hydrogen) atoms. The van der Waals surface area contributed by atoms with Gasteiger partial charge < -0.3 is 15.1 Å². The van der Waals surface area contributed by atoms with Crippen LogP contribution in [0, 0.1) is 0 Å². The van der Waals surface area contributed by atoms with Gasteiger partial charge in [-0.05, 0) is 45.3 Å². The van der Waals surface area contributed by atoms with Gasteiger partial charge in [0.2, 0.25) is 11.9 Å². The van der Waals surface area contributed by atoms with Crippen LogP contribution in [0.4, 0.5) is 5.95 Å². The predicted molar refractivity (Wildman–Crippen MR) is 85.5 cm³/mol. The van der Waals surface area contributed by atoms with E-state index >= 15 is 0 Å². The van der Waals surface area contributed by atoms with Crippen molar-refractivity contribution in [2.45, 2.75) is 44.2 Å². The molecule has 0 spiro atoms. The van der Waals surface area contributed by atoms with Gasteiger partial charge in [-0.25, -0.2) is 9.97 Å². The molecule has 0 saturated carbocycles. The number of likely N-dealkylation sites (tertiary alicyclic amines) is 2. The van der Waals surface area contributed by atoms with Gasteiger partial charge in [-0.1, -0.05) is 0 Å². The molecule has 0 bridgehead atoms. The van der Waals surface area contributed by atoms with Crippen molar-refractivity contribution in [2.75, 3.05) is 32.0 Å². The van der Waals surface area contributed by atoms with Crippen molar-refractivity contribution in [3.05, 3.63) is 18.5 Å². The van der Waals surface area contributed by atoms with Gasteiger partial charge in [0, 0.05) is 44.0 Å². The van der Waals surface area contributed by atoms with Gasteiger partial charge in [-0.3, -0.25) is 4.79 Å². The van der Waals surface area contributed by atoms with E-state index in [0.29, 0.717) is 31.0 Å². The lowest BCUT2D eigenvalue weighted by Crippen LogP contribution is -2.47. The summed E-state index contributed by atoms with van der Waals surface area (Å²) in [6, 6.07) is 2.74. The SMILES string of the molecule is CN1CCC[C@H]1[C@@H]1CCCN1C(=O)CCNc1ncccn1. The van der Waals surface area contributed by atoms with Crippen LogP contribution in [0.15, 0.2) is 18.5 Å². The lowest BCUT2D eigenvalue weighted by atomic mass is 10.0. The van der Waals surface area contributed by atoms with E-state index in [1.807, 2.05) is 0 Å². The fourth-order valence-electron chi connectivity index (χ4n) is 3.74. The molecule has 2 atom stereocenters. The summed E-state index contributed by atoms with van der Waals surface area (Å²) in [5.41, 5.74) is 0. The fourth-order valence-corrected chi connectivity index (χ4v) is 3.74. The second-order valence-electron chi connectivity index (χ2n) is 6.24. The first-order chi connectivity index (χ1) is 10.8. The van der Waals surface area contributed by atoms with Crippen LogP contribution in [-0.4, -0.2) is 64.4 Å². The molecule has 0 radical (unpaired) electrons. The van der Waals surface area contributed by atoms with E-state index in [1.54, 1.807) is 18.5 Å². The molecule has 2 fully saturated rings. The van der Waals surface area contributed by atoms with E-state index in [4.69, 9.17) is 0 Å². The van der Waals surface area contributed by atoms with Crippen LogP contribution in [0.5, 0.6) is 0 Å². The third-order valence-corrected chi connectivity index (χ3v) is 4.83. The summed E-state index contributed by atoms with van der Waals surface area (Å²) in [6.07, 6.45) is 8.66. The molecule has 6 heteroatoms. The summed E-state index contributed by atoms with van der Waals surface area (Å²) in [6.45, 7) is 2.67. The molecule has 2 saturated heterocycles. The number of carbonyl (C=O) groups is 1. The first kappa shape index (κ1) is 15.2. The van der Waals surface area contributed by atoms with Crippen LogP contribution in [0.1, 0.15) is 32.1 Å². The van der Waals surface area contributed by atoms with Crippen LogP contribution in [-0.2, 0) is 4.79 Å². The lowest BCUT2D eigenvalue weighted by Gasteiger charge is -2.33. The Morgan fingerprint density at radius 1 is 1.23 bits per heavy atom. The largest absolute Gasteiger partial charge is 0.354 e. The second-order valence-corrected chi connectivity index (χ2v) is 6.24. The van der Waals surface area contributed by atoms with Gasteiger partial charge in [-0.2, -0.15) is 0 Å². The predicted octanol–water partition coefficient (Wildman–Crippen LogP) is 1.36. The molecule has 2 aliphatic rings. The highest BCUT2D eigenvalue weighted by atomic mass is 16.2. The fraction of sp³-hybridized carbons (Fsp3) is 0.688. The van der Waals surface area contributed by atoms with Gasteiger partial charge in [0.05, 0.1) is 0 Å². The van der Waals surface area contributed by atoms with Gasteiger partial charge >= 0.3 is 0 Å². The van der Waals surface area contributed by atoms with Crippen molar-refractivity contribution in [2.24, 2.45) is 0 Å². The molecule has 1 aromatic rings. The number of hydrogen-bond donors (Lipinski definition) is 1. The van der Waals surface area contributed by atoms with E-state index in [0.717, 1.165) is 25.9 Å². The standard InChI is InChI=1S/C16H25N5O/c1-20-11-2-5-13(20)14-6-3-12-21(14)15(22)7-10-19-16-17-8-4-9-18-16/h4,8-9,13-14H,2-3,5-7,10-12H2,1H3,(H,17,18,19)/t13-,14-/m0/s1. The molecule has 1 N–H and O–H groups in total. The third kappa shape index (κ3) is 3.38. The molecule has 0 unspecified atom stereocenters. The Labute approximate surface area is 131 Å². The quantitative estimate of drug-likeness (QED) is 0.890. The molecule has 0 aliphatic carbocycles. The molecule has 120 valence electrons. The van der Waals surface area contributed by atoms with Gasteiger partial charge in [0.15, 0.2) is 0 Å². The van der Waals surface area contributed by atoms with Crippen LogP contribution >= 0.6 is 0 Å². The Hall–Kier alpha value is -1.69. The number of aromatic nitrogens is 2. The van der Waals surface area contributed by atoms with Gasteiger partial charge in [-0.15, -0.1) is 0 Å². The molecular weight excluding hydrogens is 278 g/mol. The number of nitrogens with one attached hydrogen (secondary N) is 1. The Kier molecular flexibility index (Phi) is 4.87. The summed E-state index contributed by atoms with van der Waals surface area (Å²) < 4.78 is 0. The minimum atomic E-state index is 0.256. The number of hydrogen-bond acceptors (Lipinski definition) is 5. The van der Waals surface area contributed by atoms with Crippen molar-refractivity contribution >= 4 is 11.9 Å². The van der Waals surface area contributed by atoms with E-state index in [9.17, 15) is 4.79 Å². The first-order valence-electron chi connectivity index (χ1n) is 8.26. The van der Waals surface area contributed by atoms with E-state index in [1.165, 1.54) is 12.8 Å². The highest BCUT2D eigenvalue weighted by Gasteiger charge is 2.37. The number of likely N-dealkylation sites (N-methyl/N-ethyl adjacent to an activating group) is 1. The molecular formula is C16H25N5O. The zero-order valence-electron chi connectivity index (χ0n) is 13.2. The Morgan fingerprint density at radius 2 is 1.95 bits per heavy atom. The Bertz CT molecular complexity index is 495. The van der Waals surface area contributed by atoms with Crippen molar-refractivity contribution < 1.29 is 4.79 Å². The van der Waals surface area contributed by atoms with E-state index < -0.39 is 0 Å². The number of nitrogens with zero attached hydrogens (tertiary/aromatic N) is 4. The zero-order chi connectivity index (χ0) is 15.4. The molecule has 0 aromatic carbocycles. The molecule has 3 heterocycles. The highest BCUT2D eigenvalue weighted by molar-refractivity contribution is 5.77. The number of anilines is 1. The average Bonchev–Trinajstić information content (AvgIpc) is 3.16. The van der Waals surface area contributed by atoms with Crippen LogP contribution < -0.4 is 5.32 Å². The van der Waals surface area contributed by atoms with Crippen LogP contribution in [0.2, 0.25) is 0 Å². The monoisotopic (exact) mass is 303 g/mol. The number of amides is 1. The lowest BCUT2D eigenvalue weighted by molar-refractivity contribution is -0.132. The third-order valence-electron chi connectivity index (χ3n) is 4.83. The van der Waals surface area contributed by atoms with Gasteiger partial charge in [0.1, 0.15) is 0 Å². The summed E-state index contributed by atoms with van der Waals surface area (Å²) in [5, 5.41) is 3.11. The molecule has 3 rings (SSSR count). The first-order valence-corrected chi connectivity index (χ1v) is 8.26. The second kappa shape index (κ2) is 7.05. The van der Waals surface area contributed by atoms with E-state index in [2.05, 4.69) is 32.1 Å². The minimum Gasteiger partial charge on any atom is -0.354 e.